The average Bonchev–Trinajstić information content (AvgIpc) is 0.807. The molecule has 1 aliphatic heterocycles. The monoisotopic (exact) mass is 1530 g/mol. The normalized spacial score (nSPS) is 23.7. The summed E-state index contributed by atoms with van der Waals surface area (Å²) in [6.07, 6.45) is -10.7. The number of esters is 1. The maximum absolute atomic E-state index is 15.7. The standard InChI is InChI=1S/C66H109N15O19.C2HF3O2/c1-13-35(8)45-59(93)79-46(36(9)83)58(92)71-30-44(84)77-48(51(86)53(67)87)61(95)75-43(31-82)63(97)99-52(38-23-18-15-19-24-38)49(81-57(91)42(29-37-21-16-14-17-22-37)73-56(90)41(28-33(4)5)76-65(98)100-66(10,11)12)62(96)80-47(50(85)34(6)7)60(94)74-40(27-32(2)3)55(89)72-39(54(88)78-45)25-20-26-70-64(68)69;3-2(4,5)1(6)7/h15,18-19,23-24,32-37,39-43,45-52,82-83,85-86H,13-14,16-17,20-22,25-31H2,1-12H3,(H2,67,87)(H,71,92)(H,72,89)(H,73,90)(H,74,94)(H,75,95)(H,76,98)(H,77,84)(H,78,88)(H,79,93)(H,80,96)(H,81,91)(H4,68,69,70);(H,6,7)/t35-,36-,39+,40-,41+,42-,43-,45-,46-,47-,48-,49-,50+,51-,52+;/m0./s1. The lowest BCUT2D eigenvalue weighted by Crippen LogP contribution is -2.64. The summed E-state index contributed by atoms with van der Waals surface area (Å²) in [6.45, 7) is 16.6. The molecular formula is C68H110F3N15O21. The number of carboxylic acids is 1. The van der Waals surface area contributed by atoms with Crippen LogP contribution in [0.25, 0.3) is 0 Å². The quantitative estimate of drug-likeness (QED) is 0.0224. The first-order valence-corrected chi connectivity index (χ1v) is 35.3. The van der Waals surface area contributed by atoms with Crippen LogP contribution < -0.4 is 75.7 Å². The van der Waals surface area contributed by atoms with Crippen LogP contribution in [0.15, 0.2) is 35.3 Å². The summed E-state index contributed by atoms with van der Waals surface area (Å²) >= 11 is 0. The number of nitrogens with zero attached hydrogens (tertiary/aromatic N) is 1. The van der Waals surface area contributed by atoms with Gasteiger partial charge in [0.2, 0.25) is 65.0 Å². The van der Waals surface area contributed by atoms with Crippen LogP contribution in [0.4, 0.5) is 18.0 Å². The highest BCUT2D eigenvalue weighted by molar-refractivity contribution is 6.00. The second kappa shape index (κ2) is 44.6. The molecule has 1 heterocycles. The Morgan fingerprint density at radius 1 is 0.654 bits per heavy atom. The number of carbonyl (C=O) groups excluding carboxylic acids is 13. The number of benzene rings is 1. The van der Waals surface area contributed by atoms with Crippen molar-refractivity contribution < 1.29 is 115 Å². The number of halogens is 3. The number of alkyl halides is 3. The topological polar surface area (TPSA) is 581 Å². The van der Waals surface area contributed by atoms with Gasteiger partial charge >= 0.3 is 24.2 Å². The molecule has 0 spiro atoms. The largest absolute Gasteiger partial charge is 0.490 e. The van der Waals surface area contributed by atoms with Crippen LogP contribution in [-0.4, -0.2) is 225 Å². The molecule has 1 saturated heterocycles. The first kappa shape index (κ1) is 93.6. The number of carbonyl (C=O) groups is 14. The minimum atomic E-state index is -5.08. The molecule has 39 heteroatoms. The molecule has 1 aliphatic carbocycles. The highest BCUT2D eigenvalue weighted by Gasteiger charge is 2.45. The van der Waals surface area contributed by atoms with Gasteiger partial charge < -0.3 is 111 Å². The Balaban J connectivity index is 0.00000527. The molecule has 107 heavy (non-hydrogen) atoms. The van der Waals surface area contributed by atoms with E-state index in [2.05, 4.69) is 58.2 Å². The molecule has 0 bridgehead atoms. The summed E-state index contributed by atoms with van der Waals surface area (Å²) in [6, 6.07) is -11.2. The number of hydrogen-bond donors (Lipinski definition) is 19. The van der Waals surface area contributed by atoms with Crippen molar-refractivity contribution in [3.8, 4) is 0 Å². The molecule has 1 aromatic rings. The molecule has 15 atom stereocenters. The maximum Gasteiger partial charge on any atom is 0.490 e. The highest BCUT2D eigenvalue weighted by atomic mass is 19.4. The van der Waals surface area contributed by atoms with Crippen molar-refractivity contribution in [1.29, 1.82) is 0 Å². The highest BCUT2D eigenvalue weighted by Crippen LogP contribution is 2.29. The summed E-state index contributed by atoms with van der Waals surface area (Å²) < 4.78 is 43.2. The molecule has 1 saturated carbocycles. The number of aliphatic hydroxyl groups excluding tert-OH is 4. The molecule has 12 amide bonds. The number of rotatable bonds is 24. The number of hydrogen-bond acceptors (Lipinski definition) is 21. The van der Waals surface area contributed by atoms with Crippen LogP contribution in [0.5, 0.6) is 0 Å². The lowest BCUT2D eigenvalue weighted by atomic mass is 9.84. The lowest BCUT2D eigenvalue weighted by molar-refractivity contribution is -0.192. The van der Waals surface area contributed by atoms with Crippen LogP contribution in [0.1, 0.15) is 165 Å². The van der Waals surface area contributed by atoms with Gasteiger partial charge in [-0.2, -0.15) is 13.2 Å². The van der Waals surface area contributed by atoms with E-state index < -0.39 is 211 Å². The van der Waals surface area contributed by atoms with Crippen LogP contribution >= 0.6 is 0 Å². The maximum atomic E-state index is 15.7. The minimum absolute atomic E-state index is 0.0341. The Bertz CT molecular complexity index is 3200. The van der Waals surface area contributed by atoms with Gasteiger partial charge in [0.05, 0.1) is 25.4 Å². The molecule has 0 aromatic heterocycles. The van der Waals surface area contributed by atoms with Crippen molar-refractivity contribution in [3.63, 3.8) is 0 Å². The Kier molecular flexibility index (Phi) is 39.0. The molecule has 0 radical (unpaired) electrons. The van der Waals surface area contributed by atoms with E-state index in [4.69, 9.17) is 36.6 Å². The molecule has 2 fully saturated rings. The smallest absolute Gasteiger partial charge is 0.475 e. The third kappa shape index (κ3) is 33.0. The van der Waals surface area contributed by atoms with E-state index in [9.17, 15) is 81.5 Å². The zero-order chi connectivity index (χ0) is 81.5. The number of carboxylic acid groups (broad SMARTS) is 1. The molecule has 1 aromatic carbocycles. The number of primary amides is 1. The van der Waals surface area contributed by atoms with E-state index in [0.717, 1.165) is 26.2 Å². The van der Waals surface area contributed by atoms with Gasteiger partial charge in [-0.25, -0.2) is 14.4 Å². The Morgan fingerprint density at radius 2 is 1.20 bits per heavy atom. The van der Waals surface area contributed by atoms with Gasteiger partial charge in [0.1, 0.15) is 60.0 Å². The van der Waals surface area contributed by atoms with Gasteiger partial charge in [0, 0.05) is 6.54 Å². The third-order valence-electron chi connectivity index (χ3n) is 16.9. The first-order chi connectivity index (χ1) is 49.7. The zero-order valence-electron chi connectivity index (χ0n) is 62.3. The number of alkyl carbamates (subject to hydrolysis) is 1. The molecule has 2 aliphatic rings. The number of nitrogens with two attached hydrogens (primary N) is 3. The summed E-state index contributed by atoms with van der Waals surface area (Å²) in [5.74, 6) is -20.3. The van der Waals surface area contributed by atoms with E-state index in [-0.39, 0.29) is 68.4 Å². The van der Waals surface area contributed by atoms with Gasteiger partial charge in [-0.05, 0) is 95.0 Å². The van der Waals surface area contributed by atoms with E-state index in [1.54, 1.807) is 62.3 Å². The zero-order valence-corrected chi connectivity index (χ0v) is 62.3. The molecule has 22 N–H and O–H groups in total. The minimum Gasteiger partial charge on any atom is -0.475 e. The number of ether oxygens (including phenoxy) is 2. The van der Waals surface area contributed by atoms with Gasteiger partial charge in [-0.15, -0.1) is 0 Å². The van der Waals surface area contributed by atoms with E-state index in [1.807, 2.05) is 5.32 Å². The van der Waals surface area contributed by atoms with E-state index in [1.165, 1.54) is 44.2 Å². The van der Waals surface area contributed by atoms with Crippen molar-refractivity contribution in [1.82, 2.24) is 58.5 Å². The van der Waals surface area contributed by atoms with Crippen LogP contribution in [0.3, 0.4) is 0 Å². The van der Waals surface area contributed by atoms with Crippen LogP contribution in [0, 0.1) is 29.6 Å². The summed E-state index contributed by atoms with van der Waals surface area (Å²) in [4.78, 5) is 199. The SMILES string of the molecule is CC[C@H](C)[C@@H]1NC(=O)[C@@H](CCCN=C(N)N)NC(=O)[C@H](CC(C)C)NC(=O)[C@H]([C@H](O)C(C)C)NC(=O)[C@@H](NC(=O)[C@H](CC2CCCCC2)NC(=O)[C@@H](CC(C)C)NC(=O)OC(C)(C)C)[C@@H](c2ccccc2)OC(=O)[C@H](CO)NC(=O)[C@H]([C@H](O)C(N)=O)NC(=O)CNC(=O)[C@H]([C@H](C)O)NC1=O.O=C(O)C(F)(F)F. The lowest BCUT2D eigenvalue weighted by Gasteiger charge is -2.34. The van der Waals surface area contributed by atoms with Gasteiger partial charge in [0.25, 0.3) is 0 Å². The van der Waals surface area contributed by atoms with Crippen LogP contribution in [-0.2, 0) is 71.8 Å². The average molecular weight is 1530 g/mol. The fraction of sp³-hybridized carbons (Fsp3) is 0.691. The Morgan fingerprint density at radius 3 is 1.71 bits per heavy atom. The van der Waals surface area contributed by atoms with Gasteiger partial charge in [-0.3, -0.25) is 57.7 Å². The Labute approximate surface area is 618 Å². The molecular weight excluding hydrogens is 1420 g/mol. The second-order valence-corrected chi connectivity index (χ2v) is 28.6. The molecule has 36 nitrogen and oxygen atoms in total. The molecule has 604 valence electrons. The van der Waals surface area contributed by atoms with Crippen molar-refractivity contribution in [2.45, 2.75) is 250 Å². The third-order valence-corrected chi connectivity index (χ3v) is 16.9. The van der Waals surface area contributed by atoms with Crippen molar-refractivity contribution >= 4 is 89.0 Å². The number of amides is 12. The van der Waals surface area contributed by atoms with Crippen molar-refractivity contribution in [3.05, 3.63) is 35.9 Å². The molecule has 0 unspecified atom stereocenters. The van der Waals surface area contributed by atoms with Gasteiger partial charge in [0.15, 0.2) is 24.2 Å². The molecule has 3 rings (SSSR count). The number of nitrogens with one attached hydrogen (secondary N) is 11. The Hall–Kier alpha value is -9.50. The van der Waals surface area contributed by atoms with E-state index >= 15 is 14.4 Å². The summed E-state index contributed by atoms with van der Waals surface area (Å²) in [5.41, 5.74) is 15.5. The fourth-order valence-corrected chi connectivity index (χ4v) is 11.1. The fourth-order valence-electron chi connectivity index (χ4n) is 11.1. The summed E-state index contributed by atoms with van der Waals surface area (Å²) in [5, 5.41) is 78.6. The number of guanidine groups is 1. The predicted octanol–water partition coefficient (Wildman–Crippen LogP) is -2.31. The van der Waals surface area contributed by atoms with Crippen molar-refractivity contribution in [2.24, 2.45) is 51.8 Å². The first-order valence-electron chi connectivity index (χ1n) is 35.3. The predicted molar refractivity (Wildman–Crippen MR) is 377 cm³/mol. The van der Waals surface area contributed by atoms with Crippen LogP contribution in [0.2, 0.25) is 0 Å². The second-order valence-electron chi connectivity index (χ2n) is 28.6. The number of cyclic esters (lactones) is 1. The number of aliphatic imine (C=N–C) groups is 1. The van der Waals surface area contributed by atoms with Gasteiger partial charge in [-0.1, -0.05) is 124 Å². The van der Waals surface area contributed by atoms with Crippen molar-refractivity contribution in [2.75, 3.05) is 19.7 Å². The van der Waals surface area contributed by atoms with E-state index in [0.29, 0.717) is 12.8 Å². The number of aliphatic carboxylic acids is 1. The summed E-state index contributed by atoms with van der Waals surface area (Å²) in [7, 11) is 0. The number of aliphatic hydroxyl groups is 4.